The third-order valence-corrected chi connectivity index (χ3v) is 8.12. The second kappa shape index (κ2) is 15.3. The minimum Gasteiger partial charge on any atom is -0.387 e. The van der Waals surface area contributed by atoms with Gasteiger partial charge in [-0.25, -0.2) is 0 Å². The maximum atomic E-state index is 13.3. The van der Waals surface area contributed by atoms with Crippen molar-refractivity contribution in [3.8, 4) is 6.07 Å². The van der Waals surface area contributed by atoms with Crippen molar-refractivity contribution >= 4 is 5.91 Å². The molecule has 0 spiro atoms. The zero-order valence-electron chi connectivity index (χ0n) is 22.9. The highest BCUT2D eigenvalue weighted by molar-refractivity contribution is 5.97. The van der Waals surface area contributed by atoms with Crippen LogP contribution in [0.1, 0.15) is 87.8 Å². The Morgan fingerprint density at radius 3 is 1.71 bits per heavy atom. The van der Waals surface area contributed by atoms with E-state index >= 15 is 0 Å². The molecule has 1 saturated heterocycles. The first-order valence-electron chi connectivity index (χ1n) is 14.8. The third-order valence-electron chi connectivity index (χ3n) is 8.12. The average Bonchev–Trinajstić information content (AvgIpc) is 2.96. The number of amides is 1. The van der Waals surface area contributed by atoms with E-state index in [0.717, 1.165) is 25.9 Å². The van der Waals surface area contributed by atoms with Gasteiger partial charge in [-0.05, 0) is 24.0 Å². The van der Waals surface area contributed by atoms with Crippen molar-refractivity contribution < 1.29 is 4.79 Å². The van der Waals surface area contributed by atoms with Gasteiger partial charge in [0.15, 0.2) is 0 Å². The SMILES string of the molecule is N#C/C(=C/NC1CCCCCCCCCCC1)C(=O)N1CCN(C(c2ccccc2)c2ccccc2)CC1. The Morgan fingerprint density at radius 1 is 0.763 bits per heavy atom. The van der Waals surface area contributed by atoms with Crippen LogP contribution in [0, 0.1) is 11.3 Å². The molecule has 0 radical (unpaired) electrons. The van der Waals surface area contributed by atoms with E-state index in [1.165, 1.54) is 68.9 Å². The summed E-state index contributed by atoms with van der Waals surface area (Å²) in [6, 6.07) is 23.9. The molecule has 38 heavy (non-hydrogen) atoms. The van der Waals surface area contributed by atoms with E-state index in [0.29, 0.717) is 19.1 Å². The largest absolute Gasteiger partial charge is 0.387 e. The van der Waals surface area contributed by atoms with Crippen molar-refractivity contribution in [2.24, 2.45) is 0 Å². The number of benzene rings is 2. The summed E-state index contributed by atoms with van der Waals surface area (Å²) in [6.07, 6.45) is 15.7. The molecule has 0 bridgehead atoms. The van der Waals surface area contributed by atoms with Crippen LogP contribution in [0.2, 0.25) is 0 Å². The number of carbonyl (C=O) groups excluding carboxylic acids is 1. The van der Waals surface area contributed by atoms with Gasteiger partial charge < -0.3 is 10.2 Å². The molecule has 202 valence electrons. The number of rotatable bonds is 6. The fourth-order valence-corrected chi connectivity index (χ4v) is 5.91. The van der Waals surface area contributed by atoms with E-state index in [4.69, 9.17) is 0 Å². The lowest BCUT2D eigenvalue weighted by Gasteiger charge is -2.39. The number of carbonyl (C=O) groups is 1. The van der Waals surface area contributed by atoms with Crippen molar-refractivity contribution in [1.29, 1.82) is 5.26 Å². The van der Waals surface area contributed by atoms with Gasteiger partial charge in [-0.15, -0.1) is 0 Å². The first kappa shape index (κ1) is 27.9. The van der Waals surface area contributed by atoms with Gasteiger partial charge in [0.25, 0.3) is 5.91 Å². The Bertz CT molecular complexity index is 986. The summed E-state index contributed by atoms with van der Waals surface area (Å²) in [5.41, 5.74) is 2.75. The van der Waals surface area contributed by atoms with Gasteiger partial charge in [-0.2, -0.15) is 5.26 Å². The quantitative estimate of drug-likeness (QED) is 0.350. The van der Waals surface area contributed by atoms with E-state index in [-0.39, 0.29) is 17.5 Å². The lowest BCUT2D eigenvalue weighted by atomic mass is 9.96. The maximum Gasteiger partial charge on any atom is 0.266 e. The highest BCUT2D eigenvalue weighted by atomic mass is 16.2. The maximum absolute atomic E-state index is 13.3. The van der Waals surface area contributed by atoms with Crippen LogP contribution in [0.3, 0.4) is 0 Å². The average molecular weight is 513 g/mol. The molecule has 2 aromatic carbocycles. The summed E-state index contributed by atoms with van der Waals surface area (Å²) in [7, 11) is 0. The molecular weight excluding hydrogens is 468 g/mol. The molecule has 5 nitrogen and oxygen atoms in total. The first-order chi connectivity index (χ1) is 18.8. The van der Waals surface area contributed by atoms with Crippen LogP contribution < -0.4 is 5.32 Å². The van der Waals surface area contributed by atoms with Crippen molar-refractivity contribution in [2.75, 3.05) is 26.2 Å². The fraction of sp³-hybridized carbons (Fsp3) is 0.515. The third kappa shape index (κ3) is 8.20. The van der Waals surface area contributed by atoms with E-state index in [9.17, 15) is 10.1 Å². The lowest BCUT2D eigenvalue weighted by molar-refractivity contribution is -0.128. The topological polar surface area (TPSA) is 59.4 Å². The van der Waals surface area contributed by atoms with Crippen LogP contribution in [-0.2, 0) is 4.79 Å². The molecule has 0 aromatic heterocycles. The molecule has 1 heterocycles. The summed E-state index contributed by atoms with van der Waals surface area (Å²) in [4.78, 5) is 17.6. The molecule has 1 amide bonds. The molecule has 1 N–H and O–H groups in total. The van der Waals surface area contributed by atoms with Crippen LogP contribution in [0.15, 0.2) is 72.4 Å². The number of nitrogens with one attached hydrogen (secondary N) is 1. The monoisotopic (exact) mass is 512 g/mol. The molecular formula is C33H44N4O. The smallest absolute Gasteiger partial charge is 0.266 e. The molecule has 0 unspecified atom stereocenters. The van der Waals surface area contributed by atoms with Gasteiger partial charge >= 0.3 is 0 Å². The Hall–Kier alpha value is -3.10. The minimum absolute atomic E-state index is 0.149. The van der Waals surface area contributed by atoms with Gasteiger partial charge in [0.05, 0.1) is 6.04 Å². The van der Waals surface area contributed by atoms with Crippen LogP contribution in [0.25, 0.3) is 0 Å². The Balaban J connectivity index is 1.35. The second-order valence-electron chi connectivity index (χ2n) is 10.8. The number of nitriles is 1. The predicted octanol–water partition coefficient (Wildman–Crippen LogP) is 6.59. The zero-order valence-corrected chi connectivity index (χ0v) is 22.9. The van der Waals surface area contributed by atoms with E-state index < -0.39 is 0 Å². The lowest BCUT2D eigenvalue weighted by Crippen LogP contribution is -2.50. The van der Waals surface area contributed by atoms with Crippen molar-refractivity contribution in [2.45, 2.75) is 82.7 Å². The molecule has 2 fully saturated rings. The standard InChI is InChI=1S/C33H44N4O/c34-26-30(27-35-31-20-14-6-4-2-1-3-5-7-15-21-31)33(38)37-24-22-36(23-25-37)32(28-16-10-8-11-17-28)29-18-12-9-13-19-29/h8-13,16-19,27,31-32,35H,1-7,14-15,20-25H2/b30-27-. The molecule has 2 aromatic rings. The molecule has 5 heteroatoms. The molecule has 0 atom stereocenters. The fourth-order valence-electron chi connectivity index (χ4n) is 5.91. The highest BCUT2D eigenvalue weighted by Gasteiger charge is 2.29. The van der Waals surface area contributed by atoms with Crippen molar-refractivity contribution in [3.63, 3.8) is 0 Å². The van der Waals surface area contributed by atoms with Crippen LogP contribution in [0.5, 0.6) is 0 Å². The van der Waals surface area contributed by atoms with Gasteiger partial charge in [0, 0.05) is 38.4 Å². The summed E-state index contributed by atoms with van der Waals surface area (Å²) < 4.78 is 0. The Morgan fingerprint density at radius 2 is 1.24 bits per heavy atom. The van der Waals surface area contributed by atoms with Gasteiger partial charge in [0.1, 0.15) is 11.6 Å². The number of piperazine rings is 1. The highest BCUT2D eigenvalue weighted by Crippen LogP contribution is 2.29. The second-order valence-corrected chi connectivity index (χ2v) is 10.8. The summed E-state index contributed by atoms with van der Waals surface area (Å²) in [5, 5.41) is 13.3. The summed E-state index contributed by atoms with van der Waals surface area (Å²) in [5.74, 6) is -0.149. The van der Waals surface area contributed by atoms with Gasteiger partial charge in [0.2, 0.25) is 0 Å². The Kier molecular flexibility index (Phi) is 11.3. The summed E-state index contributed by atoms with van der Waals surface area (Å²) in [6.45, 7) is 2.79. The molecule has 4 rings (SSSR count). The first-order valence-corrected chi connectivity index (χ1v) is 14.8. The molecule has 1 saturated carbocycles. The Labute approximate surface area is 229 Å². The number of nitrogens with zero attached hydrogens (tertiary/aromatic N) is 3. The normalized spacial score (nSPS) is 19.3. The number of hydrogen-bond donors (Lipinski definition) is 1. The number of hydrogen-bond acceptors (Lipinski definition) is 4. The molecule has 1 aliphatic carbocycles. The van der Waals surface area contributed by atoms with Gasteiger partial charge in [-0.3, -0.25) is 9.69 Å². The van der Waals surface area contributed by atoms with Gasteiger partial charge in [-0.1, -0.05) is 118 Å². The van der Waals surface area contributed by atoms with Crippen molar-refractivity contribution in [1.82, 2.24) is 15.1 Å². The van der Waals surface area contributed by atoms with Crippen molar-refractivity contribution in [3.05, 3.63) is 83.6 Å². The minimum atomic E-state index is -0.149. The predicted molar refractivity (Wildman–Crippen MR) is 154 cm³/mol. The van der Waals surface area contributed by atoms with Crippen LogP contribution in [0.4, 0.5) is 0 Å². The molecule has 1 aliphatic heterocycles. The van der Waals surface area contributed by atoms with E-state index in [2.05, 4.69) is 64.8 Å². The van der Waals surface area contributed by atoms with Crippen LogP contribution in [-0.4, -0.2) is 47.9 Å². The van der Waals surface area contributed by atoms with E-state index in [1.54, 1.807) is 6.20 Å². The van der Waals surface area contributed by atoms with Crippen LogP contribution >= 0.6 is 0 Å². The molecule has 2 aliphatic rings. The van der Waals surface area contributed by atoms with E-state index in [1.807, 2.05) is 17.0 Å². The summed E-state index contributed by atoms with van der Waals surface area (Å²) >= 11 is 0. The zero-order chi connectivity index (χ0) is 26.4.